The average molecular weight is 382 g/mol. The van der Waals surface area contributed by atoms with Crippen molar-refractivity contribution in [3.05, 3.63) is 75.1 Å². The number of aryl methyl sites for hydroxylation is 2. The third-order valence-corrected chi connectivity index (χ3v) is 5.42. The molecule has 2 aromatic carbocycles. The van der Waals surface area contributed by atoms with E-state index in [1.54, 1.807) is 6.92 Å². The van der Waals surface area contributed by atoms with Gasteiger partial charge in [0.15, 0.2) is 0 Å². The largest absolute Gasteiger partial charge is 0.465 e. The van der Waals surface area contributed by atoms with Crippen molar-refractivity contribution in [2.24, 2.45) is 0 Å². The van der Waals surface area contributed by atoms with Crippen LogP contribution in [0.1, 0.15) is 33.0 Å². The second-order valence-electron chi connectivity index (χ2n) is 6.06. The molecule has 0 atom stereocenters. The molecule has 0 unspecified atom stereocenters. The van der Waals surface area contributed by atoms with Crippen molar-refractivity contribution in [3.8, 4) is 11.1 Å². The second-order valence-corrected chi connectivity index (χ2v) is 6.86. The molecule has 3 aromatic rings. The summed E-state index contributed by atoms with van der Waals surface area (Å²) in [5.41, 5.74) is 6.47. The van der Waals surface area contributed by atoms with Crippen molar-refractivity contribution in [2.75, 3.05) is 5.32 Å². The predicted molar refractivity (Wildman–Crippen MR) is 98.5 cm³/mol. The Labute approximate surface area is 148 Å². The van der Waals surface area contributed by atoms with Gasteiger partial charge in [-0.3, -0.25) is 4.79 Å². The molecule has 1 aliphatic carbocycles. The van der Waals surface area contributed by atoms with Crippen molar-refractivity contribution in [2.45, 2.75) is 20.3 Å². The molecule has 1 N–H and O–H groups in total. The number of halogens is 1. The number of fused-ring (bicyclic) bond motifs is 3. The fourth-order valence-corrected chi connectivity index (χ4v) is 3.87. The first-order valence-electron chi connectivity index (χ1n) is 7.82. The highest BCUT2D eigenvalue weighted by Gasteiger charge is 2.21. The summed E-state index contributed by atoms with van der Waals surface area (Å²) in [5.74, 6) is 1.17. The number of rotatable bonds is 2. The lowest BCUT2D eigenvalue weighted by Crippen LogP contribution is -2.13. The van der Waals surface area contributed by atoms with E-state index in [1.807, 2.05) is 13.0 Å². The van der Waals surface area contributed by atoms with E-state index < -0.39 is 0 Å². The van der Waals surface area contributed by atoms with Crippen molar-refractivity contribution in [1.29, 1.82) is 0 Å². The number of hydrogen-bond acceptors (Lipinski definition) is 2. The fourth-order valence-electron chi connectivity index (χ4n) is 3.33. The monoisotopic (exact) mass is 381 g/mol. The molecule has 0 spiro atoms. The summed E-state index contributed by atoms with van der Waals surface area (Å²) in [6, 6.07) is 14.5. The summed E-state index contributed by atoms with van der Waals surface area (Å²) in [5, 5.41) is 2.98. The standard InChI is InChI=1S/C20H16BrNO2/c1-11-18(19(21)12(2)24-11)20(23)22-15-7-8-17-14(10-15)9-13-5-3-4-6-16(13)17/h3-8,10H,9H2,1-2H3,(H,22,23). The lowest BCUT2D eigenvalue weighted by atomic mass is 10.1. The van der Waals surface area contributed by atoms with Gasteiger partial charge in [-0.2, -0.15) is 0 Å². The second kappa shape index (κ2) is 5.64. The number of hydrogen-bond donors (Lipinski definition) is 1. The molecular weight excluding hydrogens is 366 g/mol. The molecule has 4 rings (SSSR count). The molecule has 0 aliphatic heterocycles. The van der Waals surface area contributed by atoms with Crippen molar-refractivity contribution >= 4 is 27.5 Å². The molecule has 0 bridgehead atoms. The fraction of sp³-hybridized carbons (Fsp3) is 0.150. The van der Waals surface area contributed by atoms with Gasteiger partial charge in [0.25, 0.3) is 5.91 Å². The van der Waals surface area contributed by atoms with E-state index in [1.165, 1.54) is 22.3 Å². The van der Waals surface area contributed by atoms with Gasteiger partial charge in [-0.1, -0.05) is 30.3 Å². The van der Waals surface area contributed by atoms with Crippen LogP contribution in [0.3, 0.4) is 0 Å². The van der Waals surface area contributed by atoms with Crippen molar-refractivity contribution in [3.63, 3.8) is 0 Å². The van der Waals surface area contributed by atoms with E-state index in [9.17, 15) is 4.79 Å². The Balaban J connectivity index is 1.63. The van der Waals surface area contributed by atoms with Crippen LogP contribution in [0.4, 0.5) is 5.69 Å². The molecule has 120 valence electrons. The number of carbonyl (C=O) groups is 1. The van der Waals surface area contributed by atoms with Crippen LogP contribution in [0.2, 0.25) is 0 Å². The Morgan fingerprint density at radius 2 is 1.79 bits per heavy atom. The summed E-state index contributed by atoms with van der Waals surface area (Å²) in [6.07, 6.45) is 0.906. The van der Waals surface area contributed by atoms with Gasteiger partial charge in [0.1, 0.15) is 11.5 Å². The highest BCUT2D eigenvalue weighted by molar-refractivity contribution is 9.10. The van der Waals surface area contributed by atoms with Gasteiger partial charge in [0.05, 0.1) is 10.0 Å². The highest BCUT2D eigenvalue weighted by atomic mass is 79.9. The van der Waals surface area contributed by atoms with Crippen LogP contribution in [-0.4, -0.2) is 5.91 Å². The van der Waals surface area contributed by atoms with Crippen LogP contribution in [0, 0.1) is 13.8 Å². The maximum absolute atomic E-state index is 12.6. The summed E-state index contributed by atoms with van der Waals surface area (Å²) in [4.78, 5) is 12.6. The maximum Gasteiger partial charge on any atom is 0.260 e. The number of carbonyl (C=O) groups excluding carboxylic acids is 1. The zero-order valence-corrected chi connectivity index (χ0v) is 15.0. The molecule has 1 aliphatic rings. The SMILES string of the molecule is Cc1oc(C)c(C(=O)Nc2ccc3c(c2)Cc2ccccc2-3)c1Br. The Morgan fingerprint density at radius 3 is 2.54 bits per heavy atom. The van der Waals surface area contributed by atoms with Gasteiger partial charge in [-0.25, -0.2) is 0 Å². The smallest absolute Gasteiger partial charge is 0.260 e. The van der Waals surface area contributed by atoms with Gasteiger partial charge in [-0.05, 0) is 70.6 Å². The third-order valence-electron chi connectivity index (χ3n) is 4.47. The van der Waals surface area contributed by atoms with Crippen LogP contribution in [0.15, 0.2) is 51.4 Å². The number of anilines is 1. The maximum atomic E-state index is 12.6. The lowest BCUT2D eigenvalue weighted by molar-refractivity contribution is 0.102. The summed E-state index contributed by atoms with van der Waals surface area (Å²) >= 11 is 3.43. The molecule has 24 heavy (non-hydrogen) atoms. The van der Waals surface area contributed by atoms with Crippen molar-refractivity contribution < 1.29 is 9.21 Å². The minimum Gasteiger partial charge on any atom is -0.465 e. The van der Waals surface area contributed by atoms with E-state index in [0.717, 1.165) is 12.1 Å². The van der Waals surface area contributed by atoms with Crippen LogP contribution >= 0.6 is 15.9 Å². The highest BCUT2D eigenvalue weighted by Crippen LogP contribution is 2.37. The topological polar surface area (TPSA) is 42.2 Å². The first-order valence-corrected chi connectivity index (χ1v) is 8.62. The average Bonchev–Trinajstić information content (AvgIpc) is 3.04. The normalized spacial score (nSPS) is 12.0. The molecular formula is C20H16BrNO2. The number of nitrogens with one attached hydrogen (secondary N) is 1. The molecule has 1 amide bonds. The molecule has 1 aromatic heterocycles. The molecule has 0 saturated carbocycles. The van der Waals surface area contributed by atoms with Crippen molar-refractivity contribution in [1.82, 2.24) is 0 Å². The van der Waals surface area contributed by atoms with Crippen LogP contribution in [-0.2, 0) is 6.42 Å². The van der Waals surface area contributed by atoms with E-state index in [-0.39, 0.29) is 5.91 Å². The quantitative estimate of drug-likeness (QED) is 0.499. The summed E-state index contributed by atoms with van der Waals surface area (Å²) in [6.45, 7) is 3.63. The van der Waals surface area contributed by atoms with E-state index in [2.05, 4.69) is 57.6 Å². The molecule has 3 nitrogen and oxygen atoms in total. The van der Waals surface area contributed by atoms with Crippen LogP contribution in [0.5, 0.6) is 0 Å². The van der Waals surface area contributed by atoms with Crippen LogP contribution < -0.4 is 5.32 Å². The van der Waals surface area contributed by atoms with Gasteiger partial charge in [-0.15, -0.1) is 0 Å². The minimum atomic E-state index is -0.160. The number of furan rings is 1. The zero-order valence-electron chi connectivity index (χ0n) is 13.4. The third kappa shape index (κ3) is 2.38. The Bertz CT molecular complexity index is 972. The lowest BCUT2D eigenvalue weighted by Gasteiger charge is -2.08. The predicted octanol–water partition coefficient (Wildman–Crippen LogP) is 5.48. The summed E-state index contributed by atoms with van der Waals surface area (Å²) < 4.78 is 6.23. The zero-order chi connectivity index (χ0) is 16.8. The first-order chi connectivity index (χ1) is 11.5. The number of amides is 1. The Kier molecular flexibility index (Phi) is 3.57. The van der Waals surface area contributed by atoms with E-state index >= 15 is 0 Å². The molecule has 0 fully saturated rings. The Hall–Kier alpha value is -2.33. The molecule has 4 heteroatoms. The Morgan fingerprint density at radius 1 is 1.04 bits per heavy atom. The number of benzene rings is 2. The van der Waals surface area contributed by atoms with Gasteiger partial charge < -0.3 is 9.73 Å². The van der Waals surface area contributed by atoms with Gasteiger partial charge in [0.2, 0.25) is 0 Å². The van der Waals surface area contributed by atoms with E-state index in [4.69, 9.17) is 4.42 Å². The molecule has 0 radical (unpaired) electrons. The molecule has 0 saturated heterocycles. The summed E-state index contributed by atoms with van der Waals surface area (Å²) in [7, 11) is 0. The first kappa shape index (κ1) is 15.2. The molecule has 1 heterocycles. The van der Waals surface area contributed by atoms with E-state index in [0.29, 0.717) is 21.6 Å². The van der Waals surface area contributed by atoms with Gasteiger partial charge in [0, 0.05) is 5.69 Å². The minimum absolute atomic E-state index is 0.160. The van der Waals surface area contributed by atoms with Crippen LogP contribution in [0.25, 0.3) is 11.1 Å². The van der Waals surface area contributed by atoms with Gasteiger partial charge >= 0.3 is 0 Å².